The van der Waals surface area contributed by atoms with Crippen LogP contribution in [0.5, 0.6) is 5.75 Å². The molecule has 1 aromatic heterocycles. The first-order valence-corrected chi connectivity index (χ1v) is 9.78. The van der Waals surface area contributed by atoms with Crippen LogP contribution in [0.2, 0.25) is 0 Å². The second-order valence-electron chi connectivity index (χ2n) is 7.47. The molecule has 2 atom stereocenters. The Bertz CT molecular complexity index is 917. The molecule has 1 saturated heterocycles. The number of halogens is 1. The van der Waals surface area contributed by atoms with Crippen LogP contribution >= 0.6 is 12.4 Å². The Morgan fingerprint density at radius 2 is 2.07 bits per heavy atom. The Morgan fingerprint density at radius 1 is 1.24 bits per heavy atom. The molecule has 1 fully saturated rings. The molecular weight excluding hydrogens is 390 g/mol. The van der Waals surface area contributed by atoms with E-state index in [4.69, 9.17) is 9.47 Å². The second-order valence-corrected chi connectivity index (χ2v) is 7.47. The number of ether oxygens (including phenoxy) is 2. The number of β-amino-alcohol motifs (C(OH)–C–C–N with tert-alkyl or cyclic N) is 1. The molecule has 0 bridgehead atoms. The zero-order valence-corrected chi connectivity index (χ0v) is 17.4. The number of morpholine rings is 1. The number of hydrogen-bond acceptors (Lipinski definition) is 5. The number of aromatic nitrogens is 2. The van der Waals surface area contributed by atoms with Gasteiger partial charge in [-0.15, -0.1) is 12.4 Å². The number of benzene rings is 2. The number of aliphatic hydroxyl groups excluding tert-OH is 1. The van der Waals surface area contributed by atoms with Crippen LogP contribution in [0.1, 0.15) is 5.56 Å². The van der Waals surface area contributed by atoms with E-state index in [0.29, 0.717) is 13.2 Å². The average molecular weight is 418 g/mol. The van der Waals surface area contributed by atoms with Crippen LogP contribution in [0.15, 0.2) is 54.9 Å². The maximum absolute atomic E-state index is 10.4. The third-order valence-corrected chi connectivity index (χ3v) is 5.01. The number of nitrogens with zero attached hydrogens (tertiary/aromatic N) is 3. The summed E-state index contributed by atoms with van der Waals surface area (Å²) in [7, 11) is 0. The Balaban J connectivity index is 0.00000240. The van der Waals surface area contributed by atoms with E-state index in [0.717, 1.165) is 36.3 Å². The fraction of sp³-hybridized carbons (Fsp3) is 0.409. The highest BCUT2D eigenvalue weighted by Crippen LogP contribution is 2.20. The lowest BCUT2D eigenvalue weighted by atomic mass is 10.1. The predicted octanol–water partition coefficient (Wildman–Crippen LogP) is 2.91. The van der Waals surface area contributed by atoms with Crippen molar-refractivity contribution in [3.8, 4) is 5.75 Å². The van der Waals surface area contributed by atoms with Crippen molar-refractivity contribution >= 4 is 23.2 Å². The molecule has 3 aromatic rings. The molecule has 6 nitrogen and oxygen atoms in total. The second kappa shape index (κ2) is 10.1. The highest BCUT2D eigenvalue weighted by atomic mass is 35.5. The lowest BCUT2D eigenvalue weighted by Crippen LogP contribution is -2.47. The first-order valence-electron chi connectivity index (χ1n) is 9.78. The Morgan fingerprint density at radius 3 is 2.86 bits per heavy atom. The van der Waals surface area contributed by atoms with Gasteiger partial charge in [0.2, 0.25) is 0 Å². The third-order valence-electron chi connectivity index (χ3n) is 5.01. The van der Waals surface area contributed by atoms with Gasteiger partial charge in [-0.2, -0.15) is 5.10 Å². The molecule has 0 aliphatic carbocycles. The summed E-state index contributed by atoms with van der Waals surface area (Å²) < 4.78 is 13.6. The minimum Gasteiger partial charge on any atom is -0.491 e. The first kappa shape index (κ1) is 21.6. The molecule has 2 unspecified atom stereocenters. The zero-order valence-electron chi connectivity index (χ0n) is 16.6. The standard InChI is InChI=1S/C22H27N3O3.ClH/c1-17-11-23-25(12-17)15-22-14-24(8-9-27-22)13-20(26)16-28-21-7-6-18-4-2-3-5-19(18)10-21;/h2-7,10-12,20,22,26H,8-9,13-16H2,1H3;1H. The summed E-state index contributed by atoms with van der Waals surface area (Å²) in [6.07, 6.45) is 3.42. The summed E-state index contributed by atoms with van der Waals surface area (Å²) in [5.41, 5.74) is 1.15. The van der Waals surface area contributed by atoms with Crippen molar-refractivity contribution in [1.29, 1.82) is 0 Å². The van der Waals surface area contributed by atoms with E-state index in [9.17, 15) is 5.11 Å². The fourth-order valence-corrected chi connectivity index (χ4v) is 3.63. The molecular formula is C22H28ClN3O3. The number of rotatable bonds is 7. The monoisotopic (exact) mass is 417 g/mol. The summed E-state index contributed by atoms with van der Waals surface area (Å²) in [6, 6.07) is 14.2. The average Bonchev–Trinajstić information content (AvgIpc) is 3.11. The van der Waals surface area contributed by atoms with E-state index in [1.165, 1.54) is 5.39 Å². The van der Waals surface area contributed by atoms with Gasteiger partial charge in [-0.1, -0.05) is 30.3 Å². The van der Waals surface area contributed by atoms with Crippen molar-refractivity contribution in [2.75, 3.05) is 32.8 Å². The van der Waals surface area contributed by atoms with Gasteiger partial charge in [0.15, 0.2) is 0 Å². The van der Waals surface area contributed by atoms with E-state index < -0.39 is 6.10 Å². The van der Waals surface area contributed by atoms with Gasteiger partial charge in [0.1, 0.15) is 18.5 Å². The van der Waals surface area contributed by atoms with Gasteiger partial charge in [0.05, 0.1) is 25.5 Å². The summed E-state index contributed by atoms with van der Waals surface area (Å²) in [5.74, 6) is 0.784. The number of hydrogen-bond donors (Lipinski definition) is 1. The maximum Gasteiger partial charge on any atom is 0.120 e. The third kappa shape index (κ3) is 5.93. The minimum absolute atomic E-state index is 0. The van der Waals surface area contributed by atoms with E-state index in [1.807, 2.05) is 54.3 Å². The molecule has 1 N–H and O–H groups in total. The first-order chi connectivity index (χ1) is 13.7. The summed E-state index contributed by atoms with van der Waals surface area (Å²) in [4.78, 5) is 2.24. The quantitative estimate of drug-likeness (QED) is 0.640. The molecule has 0 radical (unpaired) electrons. The molecule has 2 aromatic carbocycles. The molecule has 156 valence electrons. The van der Waals surface area contributed by atoms with E-state index >= 15 is 0 Å². The lowest BCUT2D eigenvalue weighted by molar-refractivity contribution is -0.0517. The number of aliphatic hydroxyl groups is 1. The van der Waals surface area contributed by atoms with Crippen molar-refractivity contribution in [3.05, 3.63) is 60.4 Å². The van der Waals surface area contributed by atoms with Gasteiger partial charge in [0, 0.05) is 25.8 Å². The zero-order chi connectivity index (χ0) is 19.3. The highest BCUT2D eigenvalue weighted by Gasteiger charge is 2.23. The summed E-state index contributed by atoms with van der Waals surface area (Å²) >= 11 is 0. The number of aryl methyl sites for hydroxylation is 1. The van der Waals surface area contributed by atoms with Gasteiger partial charge in [-0.3, -0.25) is 9.58 Å². The lowest BCUT2D eigenvalue weighted by Gasteiger charge is -2.34. The van der Waals surface area contributed by atoms with E-state index in [1.54, 1.807) is 0 Å². The molecule has 7 heteroatoms. The normalized spacial score (nSPS) is 18.3. The summed E-state index contributed by atoms with van der Waals surface area (Å²) in [6.45, 7) is 5.89. The fourth-order valence-electron chi connectivity index (χ4n) is 3.63. The largest absolute Gasteiger partial charge is 0.491 e. The van der Waals surface area contributed by atoms with Crippen molar-refractivity contribution in [2.24, 2.45) is 0 Å². The Hall–Kier alpha value is -2.12. The Kier molecular flexibility index (Phi) is 7.50. The van der Waals surface area contributed by atoms with Crippen molar-refractivity contribution in [3.63, 3.8) is 0 Å². The van der Waals surface area contributed by atoms with Crippen molar-refractivity contribution < 1.29 is 14.6 Å². The van der Waals surface area contributed by atoms with E-state index in [-0.39, 0.29) is 25.1 Å². The van der Waals surface area contributed by atoms with Crippen LogP contribution in [0.25, 0.3) is 10.8 Å². The number of fused-ring (bicyclic) bond motifs is 1. The highest BCUT2D eigenvalue weighted by molar-refractivity contribution is 5.85. The SMILES string of the molecule is Cc1cnn(CC2CN(CC(O)COc3ccc4ccccc4c3)CCO2)c1.Cl. The maximum atomic E-state index is 10.4. The van der Waals surface area contributed by atoms with E-state index in [2.05, 4.69) is 22.1 Å². The van der Waals surface area contributed by atoms with Crippen LogP contribution < -0.4 is 4.74 Å². The van der Waals surface area contributed by atoms with Crippen LogP contribution in [-0.2, 0) is 11.3 Å². The van der Waals surface area contributed by atoms with Gasteiger partial charge >= 0.3 is 0 Å². The van der Waals surface area contributed by atoms with Gasteiger partial charge in [-0.05, 0) is 35.4 Å². The van der Waals surface area contributed by atoms with Crippen molar-refractivity contribution in [1.82, 2.24) is 14.7 Å². The molecule has 0 saturated carbocycles. The molecule has 4 rings (SSSR count). The van der Waals surface area contributed by atoms with Crippen LogP contribution in [0.3, 0.4) is 0 Å². The predicted molar refractivity (Wildman–Crippen MR) is 116 cm³/mol. The van der Waals surface area contributed by atoms with Gasteiger partial charge in [-0.25, -0.2) is 0 Å². The molecule has 0 spiro atoms. The molecule has 1 aliphatic rings. The smallest absolute Gasteiger partial charge is 0.120 e. The molecule has 0 amide bonds. The topological polar surface area (TPSA) is 59.8 Å². The van der Waals surface area contributed by atoms with Crippen molar-refractivity contribution in [2.45, 2.75) is 25.7 Å². The Labute approximate surface area is 177 Å². The van der Waals surface area contributed by atoms with Gasteiger partial charge < -0.3 is 14.6 Å². The van der Waals surface area contributed by atoms with Crippen LogP contribution in [0, 0.1) is 6.92 Å². The minimum atomic E-state index is -0.544. The molecule has 1 aliphatic heterocycles. The van der Waals surface area contributed by atoms with Crippen LogP contribution in [-0.4, -0.2) is 64.8 Å². The molecule has 2 heterocycles. The van der Waals surface area contributed by atoms with Gasteiger partial charge in [0.25, 0.3) is 0 Å². The van der Waals surface area contributed by atoms with Crippen LogP contribution in [0.4, 0.5) is 0 Å². The summed E-state index contributed by atoms with van der Waals surface area (Å²) in [5, 5.41) is 17.1. The molecule has 29 heavy (non-hydrogen) atoms.